The highest BCUT2D eigenvalue weighted by Gasteiger charge is 2.65. The second-order valence-electron chi connectivity index (χ2n) is 13.7. The highest BCUT2D eigenvalue weighted by molar-refractivity contribution is 6.11. The third-order valence-electron chi connectivity index (χ3n) is 11.3. The number of benzene rings is 1. The Bertz CT molecular complexity index is 1590. The molecule has 8 rings (SSSR count). The number of rotatable bonds is 1. The lowest BCUT2D eigenvalue weighted by Gasteiger charge is -2.58. The lowest BCUT2D eigenvalue weighted by molar-refractivity contribution is -0.0894. The van der Waals surface area contributed by atoms with E-state index >= 15 is 0 Å². The fraction of sp³-hybridized carbons (Fsp3) is 0.528. The zero-order valence-corrected chi connectivity index (χ0v) is 24.6. The molecule has 0 amide bonds. The van der Waals surface area contributed by atoms with Gasteiger partial charge in [0.25, 0.3) is 0 Å². The lowest BCUT2D eigenvalue weighted by atomic mass is 9.54. The molecular weight excluding hydrogens is 520 g/mol. The van der Waals surface area contributed by atoms with Crippen molar-refractivity contribution < 1.29 is 10.2 Å². The van der Waals surface area contributed by atoms with Crippen LogP contribution in [0.4, 0.5) is 0 Å². The predicted octanol–water partition coefficient (Wildman–Crippen LogP) is 6.56. The second-order valence-corrected chi connectivity index (χ2v) is 13.7. The largest absolute Gasteiger partial charge is 0.506 e. The number of H-pyrrole nitrogens is 1. The van der Waals surface area contributed by atoms with Crippen molar-refractivity contribution in [3.63, 3.8) is 0 Å². The minimum atomic E-state index is -0.951. The molecule has 2 aromatic heterocycles. The molecular formula is C36H44N4O2. The van der Waals surface area contributed by atoms with Gasteiger partial charge in [-0.25, -0.2) is 0 Å². The van der Waals surface area contributed by atoms with E-state index < -0.39 is 5.60 Å². The zero-order chi connectivity index (χ0) is 28.3. The van der Waals surface area contributed by atoms with Crippen molar-refractivity contribution in [3.05, 3.63) is 66.5 Å². The molecule has 6 atom stereocenters. The number of aromatic amines is 1. The molecule has 2 unspecified atom stereocenters. The summed E-state index contributed by atoms with van der Waals surface area (Å²) in [5, 5.41) is 25.9. The first-order chi connectivity index (χ1) is 20.6. The average molecular weight is 565 g/mol. The Labute approximate surface area is 248 Å². The van der Waals surface area contributed by atoms with Gasteiger partial charge in [0.2, 0.25) is 0 Å². The molecule has 0 saturated carbocycles. The number of hydrogen-bond donors (Lipinski definition) is 3. The van der Waals surface area contributed by atoms with E-state index in [9.17, 15) is 10.2 Å². The van der Waals surface area contributed by atoms with E-state index in [1.54, 1.807) is 6.07 Å². The highest BCUT2D eigenvalue weighted by Crippen LogP contribution is 2.61. The van der Waals surface area contributed by atoms with E-state index in [1.807, 2.05) is 12.3 Å². The molecule has 6 nitrogen and oxygen atoms in total. The van der Waals surface area contributed by atoms with Crippen LogP contribution >= 0.6 is 0 Å². The maximum absolute atomic E-state index is 13.1. The van der Waals surface area contributed by atoms with Gasteiger partial charge in [-0.3, -0.25) is 9.88 Å². The van der Waals surface area contributed by atoms with Gasteiger partial charge in [-0.2, -0.15) is 0 Å². The van der Waals surface area contributed by atoms with Crippen LogP contribution in [-0.2, 0) is 0 Å². The third kappa shape index (κ3) is 4.13. The van der Waals surface area contributed by atoms with Crippen molar-refractivity contribution in [1.82, 2.24) is 19.8 Å². The summed E-state index contributed by atoms with van der Waals surface area (Å²) in [6.07, 6.45) is 24.7. The van der Waals surface area contributed by atoms with Crippen molar-refractivity contribution in [2.45, 2.75) is 81.9 Å². The van der Waals surface area contributed by atoms with Gasteiger partial charge in [0.15, 0.2) is 0 Å². The molecule has 1 aliphatic carbocycles. The minimum Gasteiger partial charge on any atom is -0.506 e. The smallest absolute Gasteiger partial charge is 0.139 e. The standard InChI is InChI=1S/C36H44N4O2/c41-30-14-11-13-26-27-15-18-37-32(33(27)38-31(26)30)28-23-36(42)17-8-4-1-2-5-9-19-39-21-16-29(28)35(24-39)22-25-12-7-3-6-10-20-40(25)34(35)36/h1,4,7,11-15,18,23,25,29,34,38,41-42H,2-3,5-6,8-10,16-17,19-22,24H2/b4-1?,12-7-/t25?,29-,34+,35-,36-/m1/s1. The van der Waals surface area contributed by atoms with Gasteiger partial charge in [0.1, 0.15) is 5.75 Å². The first-order valence-corrected chi connectivity index (χ1v) is 16.4. The summed E-state index contributed by atoms with van der Waals surface area (Å²) in [4.78, 5) is 14.1. The Morgan fingerprint density at radius 3 is 2.67 bits per heavy atom. The summed E-state index contributed by atoms with van der Waals surface area (Å²) in [6, 6.07) is 8.24. The Hall–Kier alpha value is -2.93. The number of aromatic hydroxyl groups is 1. The monoisotopic (exact) mass is 564 g/mol. The van der Waals surface area contributed by atoms with E-state index in [0.29, 0.717) is 12.0 Å². The molecule has 1 spiro atoms. The van der Waals surface area contributed by atoms with Crippen molar-refractivity contribution in [1.29, 1.82) is 0 Å². The molecule has 3 bridgehead atoms. The number of fused-ring (bicyclic) bond motifs is 5. The number of aromatic nitrogens is 2. The predicted molar refractivity (Wildman–Crippen MR) is 169 cm³/mol. The summed E-state index contributed by atoms with van der Waals surface area (Å²) in [5.41, 5.74) is 2.89. The van der Waals surface area contributed by atoms with E-state index in [0.717, 1.165) is 92.2 Å². The number of piperidine rings is 1. The Balaban J connectivity index is 1.35. The van der Waals surface area contributed by atoms with Crippen LogP contribution in [-0.4, -0.2) is 73.8 Å². The topological polar surface area (TPSA) is 75.6 Å². The Morgan fingerprint density at radius 1 is 0.905 bits per heavy atom. The summed E-state index contributed by atoms with van der Waals surface area (Å²) < 4.78 is 0. The highest BCUT2D eigenvalue weighted by atomic mass is 16.3. The van der Waals surface area contributed by atoms with E-state index in [2.05, 4.69) is 57.3 Å². The van der Waals surface area contributed by atoms with E-state index in [1.165, 1.54) is 31.3 Å². The van der Waals surface area contributed by atoms with Gasteiger partial charge >= 0.3 is 0 Å². The van der Waals surface area contributed by atoms with Gasteiger partial charge in [0, 0.05) is 35.0 Å². The molecule has 3 aromatic rings. The number of aliphatic hydroxyl groups is 1. The number of pyridine rings is 1. The normalized spacial score (nSPS) is 36.3. The number of nitrogens with zero attached hydrogens (tertiary/aromatic N) is 3. The van der Waals surface area contributed by atoms with Crippen LogP contribution in [0, 0.1) is 11.3 Å². The quantitative estimate of drug-likeness (QED) is 0.292. The SMILES string of the molecule is Oc1cccc2c1[nH]c1c(C3=C[C@]4(O)CCC=CCCCCN5CC[C@H]3[C@@]3(CC6/C=C\CCCCN6[C@@H]34)C5)nccc12. The Kier molecular flexibility index (Phi) is 6.58. The van der Waals surface area contributed by atoms with Crippen molar-refractivity contribution in [2.24, 2.45) is 11.3 Å². The fourth-order valence-electron chi connectivity index (χ4n) is 9.64. The molecule has 2 fully saturated rings. The molecule has 3 N–H and O–H groups in total. The van der Waals surface area contributed by atoms with Crippen LogP contribution in [0.25, 0.3) is 27.4 Å². The summed E-state index contributed by atoms with van der Waals surface area (Å²) in [7, 11) is 0. The van der Waals surface area contributed by atoms with Crippen LogP contribution < -0.4 is 0 Å². The van der Waals surface area contributed by atoms with Gasteiger partial charge in [-0.1, -0.05) is 36.4 Å². The molecule has 6 heterocycles. The lowest BCUT2D eigenvalue weighted by Crippen LogP contribution is -2.65. The second kappa shape index (κ2) is 10.4. The summed E-state index contributed by atoms with van der Waals surface area (Å²) >= 11 is 0. The van der Waals surface area contributed by atoms with Gasteiger partial charge in [0.05, 0.1) is 28.4 Å². The molecule has 1 aromatic carbocycles. The van der Waals surface area contributed by atoms with Gasteiger partial charge in [-0.05, 0) is 114 Å². The molecule has 2 saturated heterocycles. The zero-order valence-electron chi connectivity index (χ0n) is 24.6. The maximum Gasteiger partial charge on any atom is 0.139 e. The molecule has 5 aliphatic rings. The van der Waals surface area contributed by atoms with Crippen molar-refractivity contribution in [2.75, 3.05) is 26.2 Å². The number of nitrogens with one attached hydrogen (secondary N) is 1. The fourth-order valence-corrected chi connectivity index (χ4v) is 9.64. The van der Waals surface area contributed by atoms with E-state index in [-0.39, 0.29) is 17.2 Å². The first-order valence-electron chi connectivity index (χ1n) is 16.4. The van der Waals surface area contributed by atoms with Gasteiger partial charge < -0.3 is 20.1 Å². The van der Waals surface area contributed by atoms with Crippen LogP contribution in [0.1, 0.15) is 69.9 Å². The minimum absolute atomic E-state index is 0.0494. The molecule has 42 heavy (non-hydrogen) atoms. The average Bonchev–Trinajstić information content (AvgIpc) is 3.50. The molecule has 6 heteroatoms. The van der Waals surface area contributed by atoms with Crippen LogP contribution in [0.2, 0.25) is 0 Å². The van der Waals surface area contributed by atoms with Gasteiger partial charge in [-0.15, -0.1) is 0 Å². The Morgan fingerprint density at radius 2 is 1.74 bits per heavy atom. The maximum atomic E-state index is 13.1. The van der Waals surface area contributed by atoms with Crippen LogP contribution in [0.15, 0.2) is 60.8 Å². The number of hydrogen-bond acceptors (Lipinski definition) is 5. The van der Waals surface area contributed by atoms with Crippen molar-refractivity contribution >= 4 is 27.4 Å². The van der Waals surface area contributed by atoms with Crippen molar-refractivity contribution in [3.8, 4) is 5.75 Å². The molecule has 0 radical (unpaired) electrons. The van der Waals surface area contributed by atoms with Crippen LogP contribution in [0.5, 0.6) is 5.75 Å². The molecule has 4 aliphatic heterocycles. The summed E-state index contributed by atoms with van der Waals surface area (Å²) in [5.74, 6) is 0.581. The first kappa shape index (κ1) is 26.7. The number of allylic oxidation sites excluding steroid dienone is 4. The molecule has 220 valence electrons. The summed E-state index contributed by atoms with van der Waals surface area (Å²) in [6.45, 7) is 4.33. The van der Waals surface area contributed by atoms with Crippen LogP contribution in [0.3, 0.4) is 0 Å². The number of phenolic OH excluding ortho intramolecular Hbond substituents is 1. The number of para-hydroxylation sites is 1. The number of phenols is 1. The third-order valence-corrected chi connectivity index (χ3v) is 11.3. The van der Waals surface area contributed by atoms with E-state index in [4.69, 9.17) is 4.98 Å².